The number of nitrogens with zero attached hydrogens (tertiary/aromatic N) is 1. The molecule has 0 atom stereocenters. The summed E-state index contributed by atoms with van der Waals surface area (Å²) in [5, 5.41) is 3.05. The SMILES string of the molecule is O=C(Oc1ccccc1)c1ccc(NC2=C(Cl)C(=O)N(c3ccc(Cl)c(Cl)c3)C2=O)cc1. The molecule has 0 spiro atoms. The normalized spacial score (nSPS) is 13.5. The monoisotopic (exact) mass is 486 g/mol. The van der Waals surface area contributed by atoms with Crippen LogP contribution in [0.1, 0.15) is 10.4 Å². The second kappa shape index (κ2) is 9.04. The Morgan fingerprint density at radius 1 is 0.812 bits per heavy atom. The van der Waals surface area contributed by atoms with E-state index in [1.165, 1.54) is 30.3 Å². The van der Waals surface area contributed by atoms with Crippen molar-refractivity contribution in [2.24, 2.45) is 0 Å². The Kier molecular flexibility index (Phi) is 6.19. The molecule has 0 fully saturated rings. The fourth-order valence-electron chi connectivity index (χ4n) is 2.96. The van der Waals surface area contributed by atoms with Gasteiger partial charge in [0, 0.05) is 5.69 Å². The molecule has 1 aliphatic rings. The van der Waals surface area contributed by atoms with Gasteiger partial charge in [-0.05, 0) is 54.6 Å². The van der Waals surface area contributed by atoms with Gasteiger partial charge in [-0.25, -0.2) is 9.69 Å². The summed E-state index contributed by atoms with van der Waals surface area (Å²) in [7, 11) is 0. The third kappa shape index (κ3) is 4.34. The molecule has 1 heterocycles. The van der Waals surface area contributed by atoms with Crippen molar-refractivity contribution >= 4 is 64.0 Å². The maximum Gasteiger partial charge on any atom is 0.343 e. The molecule has 2 amide bonds. The number of para-hydroxylation sites is 1. The molecule has 4 rings (SSSR count). The maximum absolute atomic E-state index is 12.9. The molecule has 9 heteroatoms. The molecule has 0 bridgehead atoms. The summed E-state index contributed by atoms with van der Waals surface area (Å²) >= 11 is 18.0. The Balaban J connectivity index is 1.50. The van der Waals surface area contributed by atoms with Crippen molar-refractivity contribution in [2.75, 3.05) is 10.2 Å². The first-order chi connectivity index (χ1) is 15.3. The van der Waals surface area contributed by atoms with E-state index >= 15 is 0 Å². The van der Waals surface area contributed by atoms with E-state index in [-0.39, 0.29) is 26.5 Å². The van der Waals surface area contributed by atoms with Crippen molar-refractivity contribution in [2.45, 2.75) is 0 Å². The second-order valence-electron chi connectivity index (χ2n) is 6.64. The van der Waals surface area contributed by atoms with E-state index in [2.05, 4.69) is 5.32 Å². The molecular formula is C23H13Cl3N2O4. The molecular weight excluding hydrogens is 475 g/mol. The molecule has 160 valence electrons. The van der Waals surface area contributed by atoms with Gasteiger partial charge in [0.25, 0.3) is 11.8 Å². The lowest BCUT2D eigenvalue weighted by molar-refractivity contribution is -0.120. The number of benzene rings is 3. The highest BCUT2D eigenvalue weighted by Gasteiger charge is 2.39. The van der Waals surface area contributed by atoms with Gasteiger partial charge in [0.05, 0.1) is 21.3 Å². The maximum atomic E-state index is 12.9. The number of imide groups is 1. The largest absolute Gasteiger partial charge is 0.423 e. The zero-order chi connectivity index (χ0) is 22.8. The second-order valence-corrected chi connectivity index (χ2v) is 7.83. The first-order valence-corrected chi connectivity index (χ1v) is 10.4. The molecule has 0 radical (unpaired) electrons. The van der Waals surface area contributed by atoms with Gasteiger partial charge in [-0.2, -0.15) is 0 Å². The van der Waals surface area contributed by atoms with Crippen LogP contribution < -0.4 is 15.0 Å². The van der Waals surface area contributed by atoms with E-state index in [9.17, 15) is 14.4 Å². The number of nitrogens with one attached hydrogen (secondary N) is 1. The summed E-state index contributed by atoms with van der Waals surface area (Å²) in [4.78, 5) is 38.6. The summed E-state index contributed by atoms with van der Waals surface area (Å²) < 4.78 is 5.29. The summed E-state index contributed by atoms with van der Waals surface area (Å²) in [6.07, 6.45) is 0. The summed E-state index contributed by atoms with van der Waals surface area (Å²) in [5.74, 6) is -1.45. The average molecular weight is 488 g/mol. The van der Waals surface area contributed by atoms with Crippen LogP contribution in [0.2, 0.25) is 10.0 Å². The number of rotatable bonds is 5. The Hall–Kier alpha value is -3.32. The minimum Gasteiger partial charge on any atom is -0.423 e. The lowest BCUT2D eigenvalue weighted by Gasteiger charge is -2.15. The van der Waals surface area contributed by atoms with Gasteiger partial charge >= 0.3 is 5.97 Å². The van der Waals surface area contributed by atoms with Gasteiger partial charge in [-0.3, -0.25) is 9.59 Å². The van der Waals surface area contributed by atoms with Crippen LogP contribution in [0.5, 0.6) is 5.75 Å². The standard InChI is InChI=1S/C23H13Cl3N2O4/c24-17-11-10-15(12-18(17)25)28-21(29)19(26)20(22(28)30)27-14-8-6-13(7-9-14)23(31)32-16-4-2-1-3-5-16/h1-12,27H. The molecule has 32 heavy (non-hydrogen) atoms. The number of hydrogen-bond donors (Lipinski definition) is 1. The first kappa shape index (κ1) is 21.9. The quantitative estimate of drug-likeness (QED) is 0.286. The van der Waals surface area contributed by atoms with Crippen molar-refractivity contribution in [3.05, 3.63) is 99.1 Å². The Labute approximate surface area is 197 Å². The molecule has 0 aromatic heterocycles. The third-order valence-electron chi connectivity index (χ3n) is 4.53. The van der Waals surface area contributed by atoms with E-state index in [1.54, 1.807) is 36.4 Å². The smallest absolute Gasteiger partial charge is 0.343 e. The molecule has 6 nitrogen and oxygen atoms in total. The van der Waals surface area contributed by atoms with E-state index in [0.29, 0.717) is 17.0 Å². The van der Waals surface area contributed by atoms with Crippen LogP contribution in [-0.4, -0.2) is 17.8 Å². The highest BCUT2D eigenvalue weighted by Crippen LogP contribution is 2.33. The van der Waals surface area contributed by atoms with Gasteiger partial charge in [-0.15, -0.1) is 0 Å². The van der Waals surface area contributed by atoms with Crippen LogP contribution in [0.4, 0.5) is 11.4 Å². The van der Waals surface area contributed by atoms with Crippen molar-refractivity contribution in [3.63, 3.8) is 0 Å². The third-order valence-corrected chi connectivity index (χ3v) is 5.62. The predicted octanol–water partition coefficient (Wildman–Crippen LogP) is 5.65. The molecule has 3 aromatic rings. The lowest BCUT2D eigenvalue weighted by atomic mass is 10.2. The predicted molar refractivity (Wildman–Crippen MR) is 123 cm³/mol. The van der Waals surface area contributed by atoms with Gasteiger partial charge in [-0.1, -0.05) is 53.0 Å². The molecule has 0 saturated carbocycles. The zero-order valence-electron chi connectivity index (χ0n) is 16.1. The van der Waals surface area contributed by atoms with Crippen LogP contribution in [0.15, 0.2) is 83.5 Å². The summed E-state index contributed by atoms with van der Waals surface area (Å²) in [6, 6.07) is 19.2. The first-order valence-electron chi connectivity index (χ1n) is 9.23. The number of esters is 1. The number of anilines is 2. The molecule has 0 saturated heterocycles. The fraction of sp³-hybridized carbons (Fsp3) is 0. The van der Waals surface area contributed by atoms with E-state index in [0.717, 1.165) is 4.90 Å². The van der Waals surface area contributed by atoms with Crippen molar-refractivity contribution in [1.29, 1.82) is 0 Å². The Bertz CT molecular complexity index is 1260. The lowest BCUT2D eigenvalue weighted by Crippen LogP contribution is -2.32. The number of halogens is 3. The van der Waals surface area contributed by atoms with Crippen LogP contribution in [0.25, 0.3) is 0 Å². The fourth-order valence-corrected chi connectivity index (χ4v) is 3.46. The number of amides is 2. The van der Waals surface area contributed by atoms with Crippen molar-refractivity contribution < 1.29 is 19.1 Å². The topological polar surface area (TPSA) is 75.7 Å². The minimum atomic E-state index is -0.694. The average Bonchev–Trinajstić information content (AvgIpc) is 3.00. The highest BCUT2D eigenvalue weighted by molar-refractivity contribution is 6.53. The summed E-state index contributed by atoms with van der Waals surface area (Å²) in [5.41, 5.74) is 0.906. The molecule has 1 N–H and O–H groups in total. The molecule has 0 aliphatic carbocycles. The number of ether oxygens (including phenoxy) is 1. The molecule has 0 unspecified atom stereocenters. The van der Waals surface area contributed by atoms with Gasteiger partial charge < -0.3 is 10.1 Å². The van der Waals surface area contributed by atoms with Crippen LogP contribution in [0.3, 0.4) is 0 Å². The molecule has 3 aromatic carbocycles. The highest BCUT2D eigenvalue weighted by atomic mass is 35.5. The number of carbonyl (C=O) groups is 3. The zero-order valence-corrected chi connectivity index (χ0v) is 18.4. The Morgan fingerprint density at radius 3 is 2.16 bits per heavy atom. The summed E-state index contributed by atoms with van der Waals surface area (Å²) in [6.45, 7) is 0. The van der Waals surface area contributed by atoms with Crippen molar-refractivity contribution in [3.8, 4) is 5.75 Å². The van der Waals surface area contributed by atoms with E-state index in [1.807, 2.05) is 6.07 Å². The number of carbonyl (C=O) groups excluding carboxylic acids is 3. The van der Waals surface area contributed by atoms with Gasteiger partial charge in [0.1, 0.15) is 16.5 Å². The van der Waals surface area contributed by atoms with Crippen LogP contribution in [0, 0.1) is 0 Å². The molecule has 1 aliphatic heterocycles. The van der Waals surface area contributed by atoms with Crippen LogP contribution in [-0.2, 0) is 9.59 Å². The Morgan fingerprint density at radius 2 is 1.50 bits per heavy atom. The minimum absolute atomic E-state index is 0.0950. The van der Waals surface area contributed by atoms with Crippen LogP contribution >= 0.6 is 34.8 Å². The van der Waals surface area contributed by atoms with E-state index in [4.69, 9.17) is 39.5 Å². The van der Waals surface area contributed by atoms with Gasteiger partial charge in [0.15, 0.2) is 0 Å². The van der Waals surface area contributed by atoms with Gasteiger partial charge in [0.2, 0.25) is 0 Å². The number of hydrogen-bond acceptors (Lipinski definition) is 5. The van der Waals surface area contributed by atoms with Crippen molar-refractivity contribution in [1.82, 2.24) is 0 Å². The van der Waals surface area contributed by atoms with E-state index < -0.39 is 17.8 Å².